The fraction of sp³-hybridized carbons (Fsp3) is 0.125. The van der Waals surface area contributed by atoms with E-state index in [0.29, 0.717) is 0 Å². The van der Waals surface area contributed by atoms with Gasteiger partial charge in [0.25, 0.3) is 6.10 Å². The third kappa shape index (κ3) is 4.78. The van der Waals surface area contributed by atoms with Crippen LogP contribution in [0.4, 0.5) is 13.2 Å². The van der Waals surface area contributed by atoms with Crippen molar-refractivity contribution >= 4 is 17.6 Å². The van der Waals surface area contributed by atoms with Crippen LogP contribution < -0.4 is 9.47 Å². The van der Waals surface area contributed by atoms with Crippen LogP contribution in [0.3, 0.4) is 0 Å². The molecule has 2 aromatic carbocycles. The van der Waals surface area contributed by atoms with Crippen molar-refractivity contribution in [2.24, 2.45) is 0 Å². The van der Waals surface area contributed by atoms with E-state index in [1.165, 1.54) is 30.3 Å². The van der Waals surface area contributed by atoms with E-state index in [1.807, 2.05) is 0 Å². The van der Waals surface area contributed by atoms with E-state index < -0.39 is 23.8 Å². The number of aliphatic carboxylic acids is 1. The van der Waals surface area contributed by atoms with Gasteiger partial charge in [-0.15, -0.1) is 0 Å². The first kappa shape index (κ1) is 18.4. The van der Waals surface area contributed by atoms with Crippen molar-refractivity contribution in [3.05, 3.63) is 53.1 Å². The molecule has 9 heteroatoms. The quantitative estimate of drug-likeness (QED) is 0.836. The van der Waals surface area contributed by atoms with Crippen LogP contribution in [0.25, 0.3) is 0 Å². The molecule has 0 aromatic heterocycles. The SMILES string of the molecule is N#CC(Oc1cccc(Oc2ccc(C(F)(F)F)cc2Cl)c1)C(=O)O. The average molecular weight is 372 g/mol. The molecule has 0 bridgehead atoms. The Labute approximate surface area is 144 Å². The van der Waals surface area contributed by atoms with Crippen LogP contribution >= 0.6 is 11.6 Å². The lowest BCUT2D eigenvalue weighted by molar-refractivity contribution is -0.142. The number of nitrogens with zero attached hydrogens (tertiary/aromatic N) is 1. The number of carbonyl (C=O) groups is 1. The first-order valence-corrected chi connectivity index (χ1v) is 7.02. The zero-order valence-corrected chi connectivity index (χ0v) is 13.0. The largest absolute Gasteiger partial charge is 0.478 e. The highest BCUT2D eigenvalue weighted by Gasteiger charge is 2.31. The Morgan fingerprint density at radius 2 is 1.88 bits per heavy atom. The van der Waals surface area contributed by atoms with Crippen molar-refractivity contribution < 1.29 is 32.5 Å². The highest BCUT2D eigenvalue weighted by molar-refractivity contribution is 6.32. The van der Waals surface area contributed by atoms with E-state index in [-0.39, 0.29) is 22.3 Å². The highest BCUT2D eigenvalue weighted by Crippen LogP contribution is 2.36. The van der Waals surface area contributed by atoms with Gasteiger partial charge in [0.15, 0.2) is 0 Å². The molecule has 0 aliphatic rings. The zero-order valence-electron chi connectivity index (χ0n) is 12.2. The lowest BCUT2D eigenvalue weighted by Crippen LogP contribution is -2.24. The van der Waals surface area contributed by atoms with Gasteiger partial charge >= 0.3 is 12.1 Å². The van der Waals surface area contributed by atoms with Gasteiger partial charge in [0, 0.05) is 6.07 Å². The van der Waals surface area contributed by atoms with Gasteiger partial charge in [0.2, 0.25) is 0 Å². The molecule has 2 rings (SSSR count). The van der Waals surface area contributed by atoms with E-state index >= 15 is 0 Å². The van der Waals surface area contributed by atoms with Crippen LogP contribution in [0.2, 0.25) is 5.02 Å². The summed E-state index contributed by atoms with van der Waals surface area (Å²) in [7, 11) is 0. The first-order valence-electron chi connectivity index (χ1n) is 6.64. The highest BCUT2D eigenvalue weighted by atomic mass is 35.5. The molecule has 0 aliphatic heterocycles. The maximum Gasteiger partial charge on any atom is 0.416 e. The molecule has 0 fully saturated rings. The smallest absolute Gasteiger partial charge is 0.416 e. The number of halogens is 4. The van der Waals surface area contributed by atoms with Gasteiger partial charge < -0.3 is 14.6 Å². The molecule has 1 unspecified atom stereocenters. The number of hydrogen-bond acceptors (Lipinski definition) is 4. The topological polar surface area (TPSA) is 79.5 Å². The van der Waals surface area contributed by atoms with E-state index in [2.05, 4.69) is 0 Å². The van der Waals surface area contributed by atoms with Crippen LogP contribution in [-0.2, 0) is 11.0 Å². The maximum atomic E-state index is 12.6. The molecule has 2 aromatic rings. The Morgan fingerprint density at radius 1 is 1.20 bits per heavy atom. The summed E-state index contributed by atoms with van der Waals surface area (Å²) in [6.45, 7) is 0. The van der Waals surface area contributed by atoms with Crippen LogP contribution in [0.5, 0.6) is 17.2 Å². The molecule has 0 saturated carbocycles. The molecule has 5 nitrogen and oxygen atoms in total. The van der Waals surface area contributed by atoms with Gasteiger partial charge in [-0.3, -0.25) is 0 Å². The Kier molecular flexibility index (Phi) is 5.39. The van der Waals surface area contributed by atoms with Crippen molar-refractivity contribution in [2.45, 2.75) is 12.3 Å². The van der Waals surface area contributed by atoms with Crippen LogP contribution in [0, 0.1) is 11.3 Å². The molecular weight excluding hydrogens is 363 g/mol. The summed E-state index contributed by atoms with van der Waals surface area (Å²) in [5.41, 5.74) is -0.916. The van der Waals surface area contributed by atoms with Crippen LogP contribution in [0.1, 0.15) is 5.56 Å². The second-order valence-electron chi connectivity index (χ2n) is 4.69. The minimum absolute atomic E-state index is 0.0260. The third-order valence-corrected chi connectivity index (χ3v) is 3.18. The fourth-order valence-corrected chi connectivity index (χ4v) is 1.99. The monoisotopic (exact) mass is 371 g/mol. The summed E-state index contributed by atoms with van der Waals surface area (Å²) < 4.78 is 48.2. The molecular formula is C16H9ClF3NO4. The summed E-state index contributed by atoms with van der Waals surface area (Å²) in [5.74, 6) is -1.31. The molecule has 1 atom stereocenters. The Bertz CT molecular complexity index is 833. The van der Waals surface area contributed by atoms with Gasteiger partial charge in [-0.05, 0) is 30.3 Å². The number of carboxylic acids is 1. The van der Waals surface area contributed by atoms with Crippen LogP contribution in [0.15, 0.2) is 42.5 Å². The van der Waals surface area contributed by atoms with E-state index in [1.54, 1.807) is 0 Å². The van der Waals surface area contributed by atoms with Crippen molar-refractivity contribution in [1.29, 1.82) is 5.26 Å². The second-order valence-corrected chi connectivity index (χ2v) is 5.09. The third-order valence-electron chi connectivity index (χ3n) is 2.89. The van der Waals surface area contributed by atoms with Crippen molar-refractivity contribution in [2.75, 3.05) is 0 Å². The summed E-state index contributed by atoms with van der Waals surface area (Å²) in [4.78, 5) is 10.8. The lowest BCUT2D eigenvalue weighted by atomic mass is 10.2. The van der Waals surface area contributed by atoms with Gasteiger partial charge in [-0.2, -0.15) is 18.4 Å². The lowest BCUT2D eigenvalue weighted by Gasteiger charge is -2.12. The zero-order chi connectivity index (χ0) is 18.6. The van der Waals surface area contributed by atoms with E-state index in [4.69, 9.17) is 31.4 Å². The summed E-state index contributed by atoms with van der Waals surface area (Å²) in [6, 6.07) is 9.66. The maximum absolute atomic E-state index is 12.6. The average Bonchev–Trinajstić information content (AvgIpc) is 2.53. The summed E-state index contributed by atoms with van der Waals surface area (Å²) in [6.07, 6.45) is -6.23. The number of nitriles is 1. The van der Waals surface area contributed by atoms with Gasteiger partial charge in [0.05, 0.1) is 10.6 Å². The Morgan fingerprint density at radius 3 is 2.44 bits per heavy atom. The molecule has 25 heavy (non-hydrogen) atoms. The van der Waals surface area contributed by atoms with Gasteiger partial charge in [-0.25, -0.2) is 4.79 Å². The molecule has 1 N–H and O–H groups in total. The normalized spacial score (nSPS) is 12.1. The summed E-state index contributed by atoms with van der Waals surface area (Å²) in [5, 5.41) is 17.2. The van der Waals surface area contributed by atoms with Crippen LogP contribution in [-0.4, -0.2) is 17.2 Å². The minimum Gasteiger partial charge on any atom is -0.478 e. The molecule has 130 valence electrons. The standard InChI is InChI=1S/C16H9ClF3NO4/c17-12-6-9(16(18,19)20)4-5-13(12)24-10-2-1-3-11(7-10)25-14(8-21)15(22)23/h1-7,14H,(H,22,23). The molecule has 0 aliphatic carbocycles. The molecule has 0 heterocycles. The number of carboxylic acid groups (broad SMARTS) is 1. The number of rotatable bonds is 5. The second kappa shape index (κ2) is 7.32. The number of hydrogen-bond donors (Lipinski definition) is 1. The van der Waals surface area contributed by atoms with Gasteiger partial charge in [0.1, 0.15) is 23.3 Å². The molecule has 0 saturated heterocycles. The van der Waals surface area contributed by atoms with Crippen molar-refractivity contribution in [3.63, 3.8) is 0 Å². The molecule has 0 spiro atoms. The van der Waals surface area contributed by atoms with E-state index in [9.17, 15) is 18.0 Å². The summed E-state index contributed by atoms with van der Waals surface area (Å²) >= 11 is 5.80. The van der Waals surface area contributed by atoms with Crippen molar-refractivity contribution in [1.82, 2.24) is 0 Å². The fourth-order valence-electron chi connectivity index (χ4n) is 1.77. The Balaban J connectivity index is 2.20. The molecule has 0 amide bonds. The van der Waals surface area contributed by atoms with Crippen molar-refractivity contribution in [3.8, 4) is 23.3 Å². The molecule has 0 radical (unpaired) electrons. The first-order chi connectivity index (χ1) is 11.7. The number of benzene rings is 2. The number of alkyl halides is 3. The predicted molar refractivity (Wildman–Crippen MR) is 80.6 cm³/mol. The van der Waals surface area contributed by atoms with E-state index in [0.717, 1.165) is 18.2 Å². The van der Waals surface area contributed by atoms with Gasteiger partial charge in [-0.1, -0.05) is 17.7 Å². The Hall–Kier alpha value is -2.92. The predicted octanol–water partition coefficient (Wildman–Crippen LogP) is 4.51. The number of ether oxygens (including phenoxy) is 2. The minimum atomic E-state index is -4.53.